The third-order valence-corrected chi connectivity index (χ3v) is 3.30. The first kappa shape index (κ1) is 14.5. The molecule has 1 aliphatic rings. The molecule has 1 fully saturated rings. The Hall–Kier alpha value is -0.610. The molecule has 0 aromatic carbocycles. The van der Waals surface area contributed by atoms with Crippen molar-refractivity contribution in [2.24, 2.45) is 11.7 Å². The second kappa shape index (κ2) is 8.48. The summed E-state index contributed by atoms with van der Waals surface area (Å²) >= 11 is 0. The summed E-state index contributed by atoms with van der Waals surface area (Å²) < 4.78 is 5.44. The van der Waals surface area contributed by atoms with Gasteiger partial charge in [-0.1, -0.05) is 13.3 Å². The average molecular weight is 242 g/mol. The Morgan fingerprint density at radius 2 is 2.35 bits per heavy atom. The molecule has 4 heteroatoms. The fourth-order valence-corrected chi connectivity index (χ4v) is 2.33. The molecule has 1 aliphatic heterocycles. The molecule has 1 rings (SSSR count). The second-order valence-corrected chi connectivity index (χ2v) is 4.88. The van der Waals surface area contributed by atoms with Gasteiger partial charge in [-0.2, -0.15) is 0 Å². The summed E-state index contributed by atoms with van der Waals surface area (Å²) in [6, 6.07) is 0. The van der Waals surface area contributed by atoms with E-state index in [-0.39, 0.29) is 12.0 Å². The normalized spacial score (nSPS) is 21.4. The van der Waals surface area contributed by atoms with E-state index >= 15 is 0 Å². The van der Waals surface area contributed by atoms with Crippen molar-refractivity contribution in [2.75, 3.05) is 19.7 Å². The number of nitrogens with two attached hydrogens (primary N) is 1. The fourth-order valence-electron chi connectivity index (χ4n) is 2.33. The van der Waals surface area contributed by atoms with Crippen LogP contribution in [-0.2, 0) is 9.53 Å². The molecule has 17 heavy (non-hydrogen) atoms. The molecule has 0 aromatic heterocycles. The average Bonchev–Trinajstić information content (AvgIpc) is 2.79. The minimum Gasteiger partial charge on any atom is -0.378 e. The van der Waals surface area contributed by atoms with Gasteiger partial charge < -0.3 is 15.8 Å². The number of nitrogens with one attached hydrogen (secondary N) is 1. The van der Waals surface area contributed by atoms with Crippen molar-refractivity contribution in [3.63, 3.8) is 0 Å². The molecule has 1 saturated heterocycles. The van der Waals surface area contributed by atoms with Gasteiger partial charge in [0.25, 0.3) is 0 Å². The summed E-state index contributed by atoms with van der Waals surface area (Å²) in [6.45, 7) is 4.43. The van der Waals surface area contributed by atoms with Crippen LogP contribution in [0.2, 0.25) is 0 Å². The van der Waals surface area contributed by atoms with Gasteiger partial charge in [0, 0.05) is 13.2 Å². The van der Waals surface area contributed by atoms with Crippen LogP contribution in [0.5, 0.6) is 0 Å². The molecular formula is C13H26N2O2. The Kier molecular flexibility index (Phi) is 7.21. The number of hydrogen-bond donors (Lipinski definition) is 2. The SMILES string of the molecule is CCCC(CCN)CNC(=O)CC1CCCO1. The van der Waals surface area contributed by atoms with E-state index in [0.717, 1.165) is 45.3 Å². The van der Waals surface area contributed by atoms with Crippen LogP contribution in [0.15, 0.2) is 0 Å². The van der Waals surface area contributed by atoms with Crippen molar-refractivity contribution in [3.8, 4) is 0 Å². The lowest BCUT2D eigenvalue weighted by molar-refractivity contribution is -0.123. The molecule has 0 saturated carbocycles. The molecule has 0 spiro atoms. The zero-order chi connectivity index (χ0) is 12.5. The summed E-state index contributed by atoms with van der Waals surface area (Å²) in [5.41, 5.74) is 5.57. The van der Waals surface area contributed by atoms with Crippen LogP contribution in [0.4, 0.5) is 0 Å². The molecule has 100 valence electrons. The minimum absolute atomic E-state index is 0.120. The molecule has 0 aliphatic carbocycles. The third kappa shape index (κ3) is 6.03. The first-order valence-electron chi connectivity index (χ1n) is 6.84. The molecule has 1 heterocycles. The van der Waals surface area contributed by atoms with Gasteiger partial charge in [-0.25, -0.2) is 0 Å². The largest absolute Gasteiger partial charge is 0.378 e. The topological polar surface area (TPSA) is 64.3 Å². The predicted molar refractivity (Wildman–Crippen MR) is 68.7 cm³/mol. The van der Waals surface area contributed by atoms with Crippen LogP contribution < -0.4 is 11.1 Å². The second-order valence-electron chi connectivity index (χ2n) is 4.88. The molecule has 0 aromatic rings. The highest BCUT2D eigenvalue weighted by Crippen LogP contribution is 2.15. The van der Waals surface area contributed by atoms with E-state index in [4.69, 9.17) is 10.5 Å². The number of hydrogen-bond acceptors (Lipinski definition) is 3. The lowest BCUT2D eigenvalue weighted by atomic mass is 10.00. The van der Waals surface area contributed by atoms with E-state index in [2.05, 4.69) is 12.2 Å². The van der Waals surface area contributed by atoms with Gasteiger partial charge in [0.05, 0.1) is 12.5 Å². The number of amides is 1. The maximum Gasteiger partial charge on any atom is 0.222 e. The van der Waals surface area contributed by atoms with Crippen LogP contribution in [0.25, 0.3) is 0 Å². The lowest BCUT2D eigenvalue weighted by Gasteiger charge is -2.16. The molecule has 4 nitrogen and oxygen atoms in total. The monoisotopic (exact) mass is 242 g/mol. The summed E-state index contributed by atoms with van der Waals surface area (Å²) in [4.78, 5) is 11.7. The number of carbonyl (C=O) groups is 1. The van der Waals surface area contributed by atoms with Gasteiger partial charge in [-0.15, -0.1) is 0 Å². The molecule has 0 radical (unpaired) electrons. The van der Waals surface area contributed by atoms with Crippen LogP contribution in [0.1, 0.15) is 45.4 Å². The molecule has 0 bridgehead atoms. The van der Waals surface area contributed by atoms with E-state index in [1.807, 2.05) is 0 Å². The van der Waals surface area contributed by atoms with Crippen molar-refractivity contribution in [1.82, 2.24) is 5.32 Å². The van der Waals surface area contributed by atoms with Crippen molar-refractivity contribution in [2.45, 2.75) is 51.6 Å². The highest BCUT2D eigenvalue weighted by atomic mass is 16.5. The van der Waals surface area contributed by atoms with Crippen molar-refractivity contribution in [1.29, 1.82) is 0 Å². The van der Waals surface area contributed by atoms with E-state index in [1.165, 1.54) is 0 Å². The van der Waals surface area contributed by atoms with Crippen molar-refractivity contribution in [3.05, 3.63) is 0 Å². The standard InChI is InChI=1S/C13H26N2O2/c1-2-4-11(6-7-14)10-15-13(16)9-12-5-3-8-17-12/h11-12H,2-10,14H2,1H3,(H,15,16). The third-order valence-electron chi connectivity index (χ3n) is 3.30. The first-order valence-corrected chi connectivity index (χ1v) is 6.84. The van der Waals surface area contributed by atoms with E-state index in [0.29, 0.717) is 18.9 Å². The summed E-state index contributed by atoms with van der Waals surface area (Å²) in [7, 11) is 0. The summed E-state index contributed by atoms with van der Waals surface area (Å²) in [5.74, 6) is 0.647. The summed E-state index contributed by atoms with van der Waals surface area (Å²) in [5, 5.41) is 3.00. The Balaban J connectivity index is 2.15. The molecular weight excluding hydrogens is 216 g/mol. The highest BCUT2D eigenvalue weighted by Gasteiger charge is 2.19. The minimum atomic E-state index is 0.120. The zero-order valence-electron chi connectivity index (χ0n) is 10.9. The molecule has 3 N–H and O–H groups in total. The van der Waals surface area contributed by atoms with Gasteiger partial charge in [0.1, 0.15) is 0 Å². The van der Waals surface area contributed by atoms with E-state index in [1.54, 1.807) is 0 Å². The molecule has 2 unspecified atom stereocenters. The highest BCUT2D eigenvalue weighted by molar-refractivity contribution is 5.76. The lowest BCUT2D eigenvalue weighted by Crippen LogP contribution is -2.32. The van der Waals surface area contributed by atoms with Crippen LogP contribution in [-0.4, -0.2) is 31.7 Å². The Morgan fingerprint density at radius 3 is 2.94 bits per heavy atom. The predicted octanol–water partition coefficient (Wildman–Crippen LogP) is 1.44. The molecule has 1 amide bonds. The quantitative estimate of drug-likeness (QED) is 0.677. The Labute approximate surface area is 104 Å². The van der Waals surface area contributed by atoms with Crippen molar-refractivity contribution < 1.29 is 9.53 Å². The van der Waals surface area contributed by atoms with Gasteiger partial charge in [0.15, 0.2) is 0 Å². The number of carbonyl (C=O) groups excluding carboxylic acids is 1. The van der Waals surface area contributed by atoms with Crippen LogP contribution in [0, 0.1) is 5.92 Å². The van der Waals surface area contributed by atoms with Crippen LogP contribution >= 0.6 is 0 Å². The van der Waals surface area contributed by atoms with Gasteiger partial charge >= 0.3 is 0 Å². The van der Waals surface area contributed by atoms with Crippen molar-refractivity contribution >= 4 is 5.91 Å². The van der Waals surface area contributed by atoms with E-state index in [9.17, 15) is 4.79 Å². The fraction of sp³-hybridized carbons (Fsp3) is 0.923. The van der Waals surface area contributed by atoms with Crippen LogP contribution in [0.3, 0.4) is 0 Å². The molecule has 2 atom stereocenters. The Bertz CT molecular complexity index is 209. The smallest absolute Gasteiger partial charge is 0.222 e. The first-order chi connectivity index (χ1) is 8.26. The van der Waals surface area contributed by atoms with Gasteiger partial charge in [-0.05, 0) is 38.1 Å². The maximum atomic E-state index is 11.7. The van der Waals surface area contributed by atoms with Gasteiger partial charge in [0.2, 0.25) is 5.91 Å². The van der Waals surface area contributed by atoms with Gasteiger partial charge in [-0.3, -0.25) is 4.79 Å². The number of ether oxygens (including phenoxy) is 1. The Morgan fingerprint density at radius 1 is 1.53 bits per heavy atom. The number of rotatable bonds is 8. The zero-order valence-corrected chi connectivity index (χ0v) is 10.9. The summed E-state index contributed by atoms with van der Waals surface area (Å²) in [6.07, 6.45) is 6.05. The van der Waals surface area contributed by atoms with E-state index < -0.39 is 0 Å². The maximum absolute atomic E-state index is 11.7.